The number of hydrogen-bond donors (Lipinski definition) is 1. The molecule has 2 aliphatic rings. The Morgan fingerprint density at radius 2 is 2.00 bits per heavy atom. The monoisotopic (exact) mass is 408 g/mol. The Morgan fingerprint density at radius 1 is 1.26 bits per heavy atom. The summed E-state index contributed by atoms with van der Waals surface area (Å²) in [6.45, 7) is 2.60. The molecular formula is C19H21ClN2O4S. The Kier molecular flexibility index (Phi) is 4.78. The summed E-state index contributed by atoms with van der Waals surface area (Å²) >= 11 is 6.02. The number of carbonyl (C=O) groups is 1. The molecule has 2 fully saturated rings. The van der Waals surface area contributed by atoms with Crippen molar-refractivity contribution in [1.82, 2.24) is 9.62 Å². The third kappa shape index (κ3) is 3.63. The van der Waals surface area contributed by atoms with Crippen LogP contribution in [0.25, 0.3) is 0 Å². The van der Waals surface area contributed by atoms with Crippen molar-refractivity contribution < 1.29 is 17.6 Å². The molecule has 2 atom stereocenters. The number of rotatable bonds is 5. The molecule has 0 bridgehead atoms. The van der Waals surface area contributed by atoms with Crippen molar-refractivity contribution in [2.75, 3.05) is 13.1 Å². The van der Waals surface area contributed by atoms with Crippen LogP contribution in [-0.2, 0) is 10.0 Å². The maximum Gasteiger partial charge on any atom is 0.287 e. The van der Waals surface area contributed by atoms with Gasteiger partial charge in [-0.25, -0.2) is 8.42 Å². The molecule has 1 aliphatic carbocycles. The molecule has 6 nitrogen and oxygen atoms in total. The van der Waals surface area contributed by atoms with E-state index in [1.165, 1.54) is 10.4 Å². The summed E-state index contributed by atoms with van der Waals surface area (Å²) in [7, 11) is -3.61. The van der Waals surface area contributed by atoms with E-state index in [0.717, 1.165) is 24.8 Å². The van der Waals surface area contributed by atoms with Crippen LogP contribution in [0.15, 0.2) is 39.6 Å². The number of nitrogens with zero attached hydrogens (tertiary/aromatic N) is 1. The van der Waals surface area contributed by atoms with Crippen LogP contribution in [0.5, 0.6) is 0 Å². The van der Waals surface area contributed by atoms with Crippen LogP contribution < -0.4 is 5.32 Å². The first-order valence-corrected chi connectivity index (χ1v) is 10.8. The molecule has 144 valence electrons. The molecule has 0 spiro atoms. The van der Waals surface area contributed by atoms with Crippen LogP contribution in [-0.4, -0.2) is 37.8 Å². The molecule has 1 N–H and O–H groups in total. The lowest BCUT2D eigenvalue weighted by Gasteiger charge is -2.14. The molecule has 8 heteroatoms. The van der Waals surface area contributed by atoms with Crippen molar-refractivity contribution in [1.29, 1.82) is 0 Å². The summed E-state index contributed by atoms with van der Waals surface area (Å²) in [6.07, 6.45) is 2.54. The van der Waals surface area contributed by atoms with E-state index in [1.807, 2.05) is 24.3 Å². The maximum absolute atomic E-state index is 12.7. The van der Waals surface area contributed by atoms with E-state index in [1.54, 1.807) is 6.92 Å². The molecule has 0 radical (unpaired) electrons. The Balaban J connectivity index is 1.46. The number of sulfonamides is 1. The molecule has 1 aliphatic heterocycles. The molecule has 27 heavy (non-hydrogen) atoms. The number of nitrogens with one attached hydrogen (secondary N) is 1. The minimum absolute atomic E-state index is 0.0000111. The third-order valence-corrected chi connectivity index (χ3v) is 7.40. The van der Waals surface area contributed by atoms with Gasteiger partial charge in [0.1, 0.15) is 10.7 Å². The summed E-state index contributed by atoms with van der Waals surface area (Å²) in [5.74, 6) is 0.100. The van der Waals surface area contributed by atoms with E-state index in [0.29, 0.717) is 18.1 Å². The van der Waals surface area contributed by atoms with Crippen LogP contribution in [0.1, 0.15) is 47.1 Å². The fourth-order valence-electron chi connectivity index (χ4n) is 3.60. The van der Waals surface area contributed by atoms with Crippen LogP contribution in [0.2, 0.25) is 5.02 Å². The quantitative estimate of drug-likeness (QED) is 0.823. The smallest absolute Gasteiger partial charge is 0.287 e. The number of carbonyl (C=O) groups excluding carboxylic acids is 1. The van der Waals surface area contributed by atoms with Gasteiger partial charge in [0.25, 0.3) is 5.91 Å². The number of furan rings is 1. The van der Waals surface area contributed by atoms with Crippen LogP contribution >= 0.6 is 11.6 Å². The lowest BCUT2D eigenvalue weighted by molar-refractivity contribution is 0.0921. The topological polar surface area (TPSA) is 79.6 Å². The van der Waals surface area contributed by atoms with Crippen molar-refractivity contribution in [3.63, 3.8) is 0 Å². The van der Waals surface area contributed by atoms with Gasteiger partial charge in [0, 0.05) is 36.1 Å². The molecule has 1 aromatic heterocycles. The molecule has 2 heterocycles. The average molecular weight is 409 g/mol. The highest BCUT2D eigenvalue weighted by molar-refractivity contribution is 7.89. The third-order valence-electron chi connectivity index (χ3n) is 5.16. The van der Waals surface area contributed by atoms with Gasteiger partial charge in [-0.2, -0.15) is 4.31 Å². The average Bonchev–Trinajstić information content (AvgIpc) is 3.02. The summed E-state index contributed by atoms with van der Waals surface area (Å²) in [4.78, 5) is 12.6. The number of halogens is 1. The standard InChI is InChI=1S/C19H21ClN2O4S/c1-12-18(27(24,25)22-7-2-3-8-22)11-17(26-12)19(23)21-16-10-15(16)13-5-4-6-14(20)9-13/h4-6,9,11,15-16H,2-3,7-8,10H2,1H3,(H,21,23)/t15-,16+/m0/s1. The Morgan fingerprint density at radius 3 is 2.70 bits per heavy atom. The SMILES string of the molecule is Cc1oc(C(=O)N[C@@H]2C[C@H]2c2cccc(Cl)c2)cc1S(=O)(=O)N1CCCC1. The Hall–Kier alpha value is -1.83. The van der Waals surface area contributed by atoms with Gasteiger partial charge < -0.3 is 9.73 Å². The van der Waals surface area contributed by atoms with Crippen LogP contribution in [0.3, 0.4) is 0 Å². The minimum atomic E-state index is -3.61. The van der Waals surface area contributed by atoms with Gasteiger partial charge in [0.2, 0.25) is 10.0 Å². The number of amides is 1. The zero-order valence-electron chi connectivity index (χ0n) is 14.9. The predicted molar refractivity (Wildman–Crippen MR) is 102 cm³/mol. The van der Waals surface area contributed by atoms with Crippen molar-refractivity contribution in [3.8, 4) is 0 Å². The van der Waals surface area contributed by atoms with Gasteiger partial charge in [-0.3, -0.25) is 4.79 Å². The predicted octanol–water partition coefficient (Wildman–Crippen LogP) is 3.31. The second kappa shape index (κ2) is 6.96. The van der Waals surface area contributed by atoms with E-state index in [-0.39, 0.29) is 28.4 Å². The second-order valence-electron chi connectivity index (χ2n) is 7.12. The van der Waals surface area contributed by atoms with E-state index in [2.05, 4.69) is 5.32 Å². The zero-order chi connectivity index (χ0) is 19.2. The summed E-state index contributed by atoms with van der Waals surface area (Å²) in [5.41, 5.74) is 1.08. The maximum atomic E-state index is 12.7. The first-order valence-electron chi connectivity index (χ1n) is 9.03. The van der Waals surface area contributed by atoms with Crippen LogP contribution in [0, 0.1) is 6.92 Å². The summed E-state index contributed by atoms with van der Waals surface area (Å²) < 4.78 is 32.4. The highest BCUT2D eigenvalue weighted by atomic mass is 35.5. The molecule has 2 aromatic rings. The number of benzene rings is 1. The van der Waals surface area contributed by atoms with Crippen molar-refractivity contribution >= 4 is 27.5 Å². The van der Waals surface area contributed by atoms with Crippen LogP contribution in [0.4, 0.5) is 0 Å². The van der Waals surface area contributed by atoms with Gasteiger partial charge in [0.15, 0.2) is 5.76 Å². The van der Waals surface area contributed by atoms with Crippen molar-refractivity contribution in [2.45, 2.75) is 43.0 Å². The van der Waals surface area contributed by atoms with Crippen molar-refractivity contribution in [2.24, 2.45) is 0 Å². The van der Waals surface area contributed by atoms with Gasteiger partial charge in [0.05, 0.1) is 0 Å². The molecular weight excluding hydrogens is 388 g/mol. The summed E-state index contributed by atoms with van der Waals surface area (Å²) in [6, 6.07) is 8.93. The summed E-state index contributed by atoms with van der Waals surface area (Å²) in [5, 5.41) is 3.58. The highest BCUT2D eigenvalue weighted by Gasteiger charge is 2.40. The number of aryl methyl sites for hydroxylation is 1. The minimum Gasteiger partial charge on any atom is -0.455 e. The van der Waals surface area contributed by atoms with Gasteiger partial charge in [-0.1, -0.05) is 23.7 Å². The highest BCUT2D eigenvalue weighted by Crippen LogP contribution is 2.41. The lowest BCUT2D eigenvalue weighted by Crippen LogP contribution is -2.28. The lowest BCUT2D eigenvalue weighted by atomic mass is 10.1. The van der Waals surface area contributed by atoms with E-state index in [9.17, 15) is 13.2 Å². The first kappa shape index (κ1) is 18.5. The Bertz CT molecular complexity index is 979. The van der Waals surface area contributed by atoms with Gasteiger partial charge in [-0.15, -0.1) is 0 Å². The second-order valence-corrected chi connectivity index (χ2v) is 9.46. The zero-order valence-corrected chi connectivity index (χ0v) is 16.5. The molecule has 1 saturated heterocycles. The fraction of sp³-hybridized carbons (Fsp3) is 0.421. The molecule has 1 aromatic carbocycles. The molecule has 1 amide bonds. The normalized spacial score (nSPS) is 22.7. The molecule has 4 rings (SSSR count). The van der Waals surface area contributed by atoms with Crippen molar-refractivity contribution in [3.05, 3.63) is 52.4 Å². The largest absolute Gasteiger partial charge is 0.455 e. The number of hydrogen-bond acceptors (Lipinski definition) is 4. The fourth-order valence-corrected chi connectivity index (χ4v) is 5.48. The first-order chi connectivity index (χ1) is 12.9. The van der Waals surface area contributed by atoms with E-state index in [4.69, 9.17) is 16.0 Å². The van der Waals surface area contributed by atoms with E-state index < -0.39 is 15.9 Å². The molecule has 1 saturated carbocycles. The van der Waals surface area contributed by atoms with Gasteiger partial charge in [-0.05, 0) is 43.9 Å². The molecule has 0 unspecified atom stereocenters. The van der Waals surface area contributed by atoms with E-state index >= 15 is 0 Å². The van der Waals surface area contributed by atoms with Gasteiger partial charge >= 0.3 is 0 Å². The Labute approximate surface area is 163 Å².